The highest BCUT2D eigenvalue weighted by molar-refractivity contribution is 5.79. The molecule has 21 heavy (non-hydrogen) atoms. The Morgan fingerprint density at radius 2 is 2.33 bits per heavy atom. The highest BCUT2D eigenvalue weighted by Crippen LogP contribution is 2.26. The number of aromatic nitrogens is 2. The molecular formula is C16H25N3O2. The van der Waals surface area contributed by atoms with Crippen molar-refractivity contribution in [2.45, 2.75) is 45.4 Å². The predicted octanol–water partition coefficient (Wildman–Crippen LogP) is 1.79. The largest absolute Gasteiger partial charge is 0.381 e. The second-order valence-corrected chi connectivity index (χ2v) is 6.62. The van der Waals surface area contributed by atoms with Gasteiger partial charge in [-0.2, -0.15) is 0 Å². The van der Waals surface area contributed by atoms with E-state index in [1.165, 1.54) is 0 Å². The van der Waals surface area contributed by atoms with Crippen LogP contribution in [0, 0.1) is 11.8 Å². The lowest BCUT2D eigenvalue weighted by atomic mass is 9.89. The van der Waals surface area contributed by atoms with Gasteiger partial charge in [-0.05, 0) is 19.3 Å². The summed E-state index contributed by atoms with van der Waals surface area (Å²) >= 11 is 0. The van der Waals surface area contributed by atoms with Crippen LogP contribution in [0.4, 0.5) is 0 Å². The molecule has 2 N–H and O–H groups in total. The van der Waals surface area contributed by atoms with E-state index in [0.717, 1.165) is 62.7 Å². The first-order chi connectivity index (χ1) is 10.1. The maximum Gasteiger partial charge on any atom is 0.223 e. The van der Waals surface area contributed by atoms with E-state index in [-0.39, 0.29) is 11.8 Å². The van der Waals surface area contributed by atoms with Crippen LogP contribution in [0.25, 0.3) is 0 Å². The first-order valence-corrected chi connectivity index (χ1v) is 8.06. The molecule has 1 saturated heterocycles. The number of aryl methyl sites for hydroxylation is 1. The van der Waals surface area contributed by atoms with Gasteiger partial charge in [-0.25, -0.2) is 4.98 Å². The smallest absolute Gasteiger partial charge is 0.223 e. The zero-order valence-electron chi connectivity index (χ0n) is 12.9. The van der Waals surface area contributed by atoms with Crippen LogP contribution in [0.15, 0.2) is 0 Å². The van der Waals surface area contributed by atoms with Crippen LogP contribution in [-0.4, -0.2) is 35.6 Å². The van der Waals surface area contributed by atoms with Crippen molar-refractivity contribution < 1.29 is 9.53 Å². The molecule has 116 valence electrons. The van der Waals surface area contributed by atoms with Crippen LogP contribution in [0.2, 0.25) is 0 Å². The van der Waals surface area contributed by atoms with Gasteiger partial charge in [0.05, 0.1) is 12.3 Å². The van der Waals surface area contributed by atoms with E-state index in [2.05, 4.69) is 29.1 Å². The van der Waals surface area contributed by atoms with E-state index in [1.54, 1.807) is 0 Å². The van der Waals surface area contributed by atoms with Crippen LogP contribution < -0.4 is 5.32 Å². The molecule has 0 aromatic carbocycles. The summed E-state index contributed by atoms with van der Waals surface area (Å²) in [5.41, 5.74) is 2.32. The number of rotatable bonds is 4. The van der Waals surface area contributed by atoms with Crippen LogP contribution in [0.5, 0.6) is 0 Å². The predicted molar refractivity (Wildman–Crippen MR) is 80.1 cm³/mol. The fourth-order valence-corrected chi connectivity index (χ4v) is 3.13. The van der Waals surface area contributed by atoms with Gasteiger partial charge in [0, 0.05) is 43.0 Å². The van der Waals surface area contributed by atoms with Gasteiger partial charge in [0.2, 0.25) is 5.91 Å². The molecule has 1 aromatic rings. The number of carbonyl (C=O) groups is 1. The third kappa shape index (κ3) is 3.28. The first-order valence-electron chi connectivity index (χ1n) is 8.06. The Bertz CT molecular complexity index is 504. The van der Waals surface area contributed by atoms with Gasteiger partial charge in [0.25, 0.3) is 0 Å². The molecule has 1 fully saturated rings. The average molecular weight is 291 g/mol. The molecule has 1 aliphatic carbocycles. The van der Waals surface area contributed by atoms with E-state index in [0.29, 0.717) is 11.8 Å². The zero-order chi connectivity index (χ0) is 14.8. The molecule has 1 amide bonds. The number of nitrogens with one attached hydrogen (secondary N) is 2. The summed E-state index contributed by atoms with van der Waals surface area (Å²) in [5, 5.41) is 3.10. The highest BCUT2D eigenvalue weighted by atomic mass is 16.5. The Kier molecular flexibility index (Phi) is 4.29. The maximum absolute atomic E-state index is 12.3. The van der Waals surface area contributed by atoms with Crippen molar-refractivity contribution >= 4 is 5.91 Å². The summed E-state index contributed by atoms with van der Waals surface area (Å²) < 4.78 is 5.34. The number of hydrogen-bond donors (Lipinski definition) is 2. The molecule has 3 rings (SSSR count). The summed E-state index contributed by atoms with van der Waals surface area (Å²) in [6.07, 6.45) is 3.67. The van der Waals surface area contributed by atoms with E-state index < -0.39 is 0 Å². The van der Waals surface area contributed by atoms with Crippen LogP contribution in [-0.2, 0) is 22.4 Å². The third-order valence-corrected chi connectivity index (χ3v) is 4.57. The zero-order valence-corrected chi connectivity index (χ0v) is 12.9. The molecule has 2 aliphatic rings. The van der Waals surface area contributed by atoms with Gasteiger partial charge in [0.1, 0.15) is 5.82 Å². The maximum atomic E-state index is 12.3. The van der Waals surface area contributed by atoms with Gasteiger partial charge >= 0.3 is 0 Å². The van der Waals surface area contributed by atoms with E-state index in [4.69, 9.17) is 4.74 Å². The molecule has 2 heterocycles. The summed E-state index contributed by atoms with van der Waals surface area (Å²) in [4.78, 5) is 20.4. The lowest BCUT2D eigenvalue weighted by Crippen LogP contribution is -2.37. The summed E-state index contributed by atoms with van der Waals surface area (Å²) in [6.45, 7) is 6.64. The Morgan fingerprint density at radius 3 is 3.05 bits per heavy atom. The molecule has 5 nitrogen and oxygen atoms in total. The minimum absolute atomic E-state index is 0.0836. The van der Waals surface area contributed by atoms with Crippen LogP contribution in [0.1, 0.15) is 49.8 Å². The molecule has 0 spiro atoms. The highest BCUT2D eigenvalue weighted by Gasteiger charge is 2.28. The molecule has 0 radical (unpaired) electrons. The van der Waals surface area contributed by atoms with Crippen molar-refractivity contribution in [3.63, 3.8) is 0 Å². The Morgan fingerprint density at radius 1 is 1.48 bits per heavy atom. The number of ether oxygens (including phenoxy) is 1. The third-order valence-electron chi connectivity index (χ3n) is 4.57. The molecular weight excluding hydrogens is 266 g/mol. The second-order valence-electron chi connectivity index (χ2n) is 6.62. The summed E-state index contributed by atoms with van der Waals surface area (Å²) in [7, 11) is 0. The normalized spacial score (nSPS) is 25.1. The number of H-pyrrole nitrogens is 1. The second kappa shape index (κ2) is 6.18. The minimum atomic E-state index is 0.0836. The standard InChI is InChI=1S/C16H25N3O2/c1-10(2)15-18-13-4-3-12(7-14(13)19-15)16(20)17-8-11-5-6-21-9-11/h10-12H,3-9H2,1-2H3,(H,17,20)(H,18,19). The van der Waals surface area contributed by atoms with Gasteiger partial charge in [0.15, 0.2) is 0 Å². The number of fused-ring (bicyclic) bond motifs is 1. The number of nitrogens with zero attached hydrogens (tertiary/aromatic N) is 1. The number of hydrogen-bond acceptors (Lipinski definition) is 3. The molecule has 1 aromatic heterocycles. The summed E-state index contributed by atoms with van der Waals surface area (Å²) in [6, 6.07) is 0. The number of aromatic amines is 1. The quantitative estimate of drug-likeness (QED) is 0.889. The number of carbonyl (C=O) groups excluding carboxylic acids is 1. The topological polar surface area (TPSA) is 67.0 Å². The van der Waals surface area contributed by atoms with Crippen LogP contribution >= 0.6 is 0 Å². The molecule has 5 heteroatoms. The molecule has 2 atom stereocenters. The van der Waals surface area contributed by atoms with Crippen molar-refractivity contribution in [3.8, 4) is 0 Å². The van der Waals surface area contributed by atoms with E-state index >= 15 is 0 Å². The monoisotopic (exact) mass is 291 g/mol. The lowest BCUT2D eigenvalue weighted by molar-refractivity contribution is -0.125. The molecule has 2 unspecified atom stereocenters. The number of imidazole rings is 1. The fourth-order valence-electron chi connectivity index (χ4n) is 3.13. The summed E-state index contributed by atoms with van der Waals surface area (Å²) in [5.74, 6) is 2.22. The van der Waals surface area contributed by atoms with E-state index in [9.17, 15) is 4.79 Å². The lowest BCUT2D eigenvalue weighted by Gasteiger charge is -2.21. The van der Waals surface area contributed by atoms with E-state index in [1.807, 2.05) is 0 Å². The van der Waals surface area contributed by atoms with Crippen molar-refractivity contribution in [2.24, 2.45) is 11.8 Å². The Labute approximate surface area is 125 Å². The minimum Gasteiger partial charge on any atom is -0.381 e. The van der Waals surface area contributed by atoms with Gasteiger partial charge in [-0.15, -0.1) is 0 Å². The van der Waals surface area contributed by atoms with Crippen LogP contribution in [0.3, 0.4) is 0 Å². The van der Waals surface area contributed by atoms with Crippen molar-refractivity contribution in [2.75, 3.05) is 19.8 Å². The Balaban J connectivity index is 1.56. The fraction of sp³-hybridized carbons (Fsp3) is 0.750. The van der Waals surface area contributed by atoms with Crippen molar-refractivity contribution in [1.82, 2.24) is 15.3 Å². The first kappa shape index (κ1) is 14.6. The van der Waals surface area contributed by atoms with Gasteiger partial charge in [-0.3, -0.25) is 4.79 Å². The SMILES string of the molecule is CC(C)c1nc2c([nH]1)CC(C(=O)NCC1CCOC1)CC2. The molecule has 0 saturated carbocycles. The molecule has 0 bridgehead atoms. The Hall–Kier alpha value is -1.36. The molecule has 1 aliphatic heterocycles. The average Bonchev–Trinajstić information content (AvgIpc) is 3.12. The van der Waals surface area contributed by atoms with Gasteiger partial charge in [-0.1, -0.05) is 13.8 Å². The van der Waals surface area contributed by atoms with Crippen molar-refractivity contribution in [3.05, 3.63) is 17.2 Å². The van der Waals surface area contributed by atoms with Crippen molar-refractivity contribution in [1.29, 1.82) is 0 Å². The number of amides is 1. The van der Waals surface area contributed by atoms with Gasteiger partial charge < -0.3 is 15.0 Å².